The summed E-state index contributed by atoms with van der Waals surface area (Å²) in [5.41, 5.74) is 6.73. The highest BCUT2D eigenvalue weighted by molar-refractivity contribution is 6.01. The van der Waals surface area contributed by atoms with E-state index in [0.29, 0.717) is 47.1 Å². The third-order valence-corrected chi connectivity index (χ3v) is 9.03. The van der Waals surface area contributed by atoms with Gasteiger partial charge in [-0.25, -0.2) is 18.2 Å². The van der Waals surface area contributed by atoms with Crippen molar-refractivity contribution in [3.63, 3.8) is 0 Å². The van der Waals surface area contributed by atoms with Gasteiger partial charge in [0.15, 0.2) is 5.82 Å². The summed E-state index contributed by atoms with van der Waals surface area (Å²) in [4.78, 5) is 19.7. The highest BCUT2D eigenvalue weighted by Crippen LogP contribution is 2.41. The zero-order valence-electron chi connectivity index (χ0n) is 24.7. The minimum Gasteiger partial charge on any atom is -0.508 e. The molecule has 2 atom stereocenters. The number of rotatable bonds is 8. The largest absolute Gasteiger partial charge is 0.508 e. The Balaban J connectivity index is 1.35. The van der Waals surface area contributed by atoms with Crippen LogP contribution in [0, 0.1) is 11.6 Å². The number of aromatic hydroxyl groups is 1. The summed E-state index contributed by atoms with van der Waals surface area (Å²) in [5.74, 6) is -0.734. The predicted octanol–water partition coefficient (Wildman–Crippen LogP) is 5.94. The monoisotopic (exact) mass is 615 g/mol. The zero-order chi connectivity index (χ0) is 31.3. The number of hydrogen-bond donors (Lipinski definition) is 3. The topological polar surface area (TPSA) is 122 Å². The molecule has 2 aliphatic rings. The lowest BCUT2D eigenvalue weighted by molar-refractivity contribution is 0.107. The molecule has 5 aromatic rings. The van der Waals surface area contributed by atoms with Gasteiger partial charge in [0.05, 0.1) is 10.9 Å². The fourth-order valence-electron chi connectivity index (χ4n) is 6.88. The van der Waals surface area contributed by atoms with Crippen LogP contribution >= 0.6 is 0 Å². The fourth-order valence-corrected chi connectivity index (χ4v) is 6.88. The van der Waals surface area contributed by atoms with Crippen molar-refractivity contribution >= 4 is 33.3 Å². The van der Waals surface area contributed by atoms with E-state index in [0.717, 1.165) is 19.4 Å². The van der Waals surface area contributed by atoms with E-state index >= 15 is 4.39 Å². The quantitative estimate of drug-likeness (QED) is 0.195. The van der Waals surface area contributed by atoms with Crippen LogP contribution in [0.25, 0.3) is 32.9 Å². The van der Waals surface area contributed by atoms with Crippen molar-refractivity contribution in [3.05, 3.63) is 71.6 Å². The van der Waals surface area contributed by atoms with Gasteiger partial charge in [0, 0.05) is 43.0 Å². The summed E-state index contributed by atoms with van der Waals surface area (Å²) in [6, 6.07) is 9.25. The minimum absolute atomic E-state index is 0.0758. The molecule has 9 nitrogen and oxygen atoms in total. The number of phenolic OH excluding ortho intramolecular Hbond substituents is 1. The molecule has 0 saturated carbocycles. The summed E-state index contributed by atoms with van der Waals surface area (Å²) in [6.07, 6.45) is 4.52. The first-order valence-electron chi connectivity index (χ1n) is 15.0. The van der Waals surface area contributed by atoms with Gasteiger partial charge in [-0.05, 0) is 66.4 Å². The number of hydrogen-bond acceptors (Lipinski definition) is 9. The maximum absolute atomic E-state index is 16.6. The first-order valence-corrected chi connectivity index (χ1v) is 15.0. The van der Waals surface area contributed by atoms with Gasteiger partial charge in [-0.15, -0.1) is 0 Å². The molecule has 4 N–H and O–H groups in total. The van der Waals surface area contributed by atoms with Crippen LogP contribution < -0.4 is 15.8 Å². The predicted molar refractivity (Wildman–Crippen MR) is 166 cm³/mol. The van der Waals surface area contributed by atoms with Crippen LogP contribution in [0.2, 0.25) is 0 Å². The molecule has 12 heteroatoms. The molecule has 7 rings (SSSR count). The lowest BCUT2D eigenvalue weighted by Crippen LogP contribution is -2.43. The molecule has 232 valence electrons. The van der Waals surface area contributed by atoms with Crippen molar-refractivity contribution < 1.29 is 23.0 Å². The number of nitrogens with zero attached hydrogens (tertiary/aromatic N) is 5. The van der Waals surface area contributed by atoms with Crippen LogP contribution in [-0.2, 0) is 13.0 Å². The van der Waals surface area contributed by atoms with Gasteiger partial charge in [-0.2, -0.15) is 9.97 Å². The number of phenols is 1. The second kappa shape index (κ2) is 11.3. The van der Waals surface area contributed by atoms with E-state index in [2.05, 4.69) is 30.2 Å². The van der Waals surface area contributed by atoms with Crippen molar-refractivity contribution in [1.29, 1.82) is 0 Å². The van der Waals surface area contributed by atoms with Crippen LogP contribution in [-0.4, -0.2) is 61.3 Å². The molecular formula is C33H32F3N7O2. The number of halogens is 3. The number of nitrogen functional groups attached to an aromatic ring is 1. The second-order valence-electron chi connectivity index (χ2n) is 11.8. The Morgan fingerprint density at radius 1 is 1.18 bits per heavy atom. The minimum atomic E-state index is -0.936. The molecule has 2 aliphatic heterocycles. The van der Waals surface area contributed by atoms with Gasteiger partial charge in [0.1, 0.15) is 47.2 Å². The van der Waals surface area contributed by atoms with Gasteiger partial charge in [-0.3, -0.25) is 9.88 Å². The normalized spacial score (nSPS) is 19.8. The summed E-state index contributed by atoms with van der Waals surface area (Å²) in [7, 11) is 0. The SMILES string of the molecule is CCc1c(F)ccc2cc(O)cc(-c3ncc4c(NCc5cccnc5N)nc(OC[C@@]56CCCN5C[C@H](F)C6)nc4c3F)c12. The van der Waals surface area contributed by atoms with E-state index in [1.54, 1.807) is 18.3 Å². The number of fused-ring (bicyclic) bond motifs is 3. The third-order valence-electron chi connectivity index (χ3n) is 9.03. The Kier molecular flexibility index (Phi) is 7.31. The summed E-state index contributed by atoms with van der Waals surface area (Å²) in [6.45, 7) is 3.35. The number of alkyl halides is 1. The van der Waals surface area contributed by atoms with Crippen LogP contribution in [0.1, 0.15) is 37.3 Å². The van der Waals surface area contributed by atoms with E-state index in [1.165, 1.54) is 24.4 Å². The van der Waals surface area contributed by atoms with E-state index in [9.17, 15) is 13.9 Å². The van der Waals surface area contributed by atoms with Crippen molar-refractivity contribution in [2.45, 2.75) is 50.9 Å². The average molecular weight is 616 g/mol. The van der Waals surface area contributed by atoms with Crippen LogP contribution in [0.3, 0.4) is 0 Å². The van der Waals surface area contributed by atoms with Gasteiger partial charge < -0.3 is 20.9 Å². The molecule has 0 aliphatic carbocycles. The van der Waals surface area contributed by atoms with Crippen molar-refractivity contribution in [2.24, 2.45) is 0 Å². The van der Waals surface area contributed by atoms with Gasteiger partial charge in [-0.1, -0.05) is 19.1 Å². The van der Waals surface area contributed by atoms with E-state index < -0.39 is 23.3 Å². The van der Waals surface area contributed by atoms with E-state index in [1.807, 2.05) is 13.0 Å². The Hall–Kier alpha value is -4.71. The number of nitrogens with two attached hydrogens (primary N) is 1. The maximum Gasteiger partial charge on any atom is 0.319 e. The molecule has 2 aromatic carbocycles. The first kappa shape index (κ1) is 29.0. The summed E-state index contributed by atoms with van der Waals surface area (Å²) < 4.78 is 52.1. The number of benzene rings is 2. The number of aromatic nitrogens is 4. The van der Waals surface area contributed by atoms with Gasteiger partial charge in [0.25, 0.3) is 0 Å². The molecule has 0 unspecified atom stereocenters. The smallest absolute Gasteiger partial charge is 0.319 e. The Morgan fingerprint density at radius 2 is 2.04 bits per heavy atom. The van der Waals surface area contributed by atoms with E-state index in [-0.39, 0.29) is 52.9 Å². The lowest BCUT2D eigenvalue weighted by Gasteiger charge is -2.30. The molecule has 2 saturated heterocycles. The Labute approximate surface area is 257 Å². The summed E-state index contributed by atoms with van der Waals surface area (Å²) in [5, 5.41) is 15.0. The maximum atomic E-state index is 16.6. The first-order chi connectivity index (χ1) is 21.8. The van der Waals surface area contributed by atoms with Crippen molar-refractivity contribution in [1.82, 2.24) is 24.8 Å². The molecule has 3 aromatic heterocycles. The van der Waals surface area contributed by atoms with Crippen molar-refractivity contribution in [2.75, 3.05) is 30.7 Å². The molecule has 0 bridgehead atoms. The molecule has 45 heavy (non-hydrogen) atoms. The zero-order valence-corrected chi connectivity index (χ0v) is 24.7. The molecule has 0 radical (unpaired) electrons. The number of ether oxygens (including phenoxy) is 1. The molecule has 0 spiro atoms. The Bertz CT molecular complexity index is 1940. The summed E-state index contributed by atoms with van der Waals surface area (Å²) >= 11 is 0. The lowest BCUT2D eigenvalue weighted by atomic mass is 9.94. The molecule has 5 heterocycles. The standard InChI is InChI=1S/C33H32F3N7O2/c1-2-22-25(35)7-6-18-11-21(44)12-23(26(18)22)28-27(36)29-24(15-39-28)31(40-14-19-5-3-9-38-30(19)37)42-32(41-29)45-17-33-8-4-10-43(33)16-20(34)13-33/h3,5-7,9,11-12,15,20,44H,2,4,8,10,13-14,16-17H2,1H3,(H2,37,38)(H,40,41,42)/t20-,33+/m1/s1. The second-order valence-corrected chi connectivity index (χ2v) is 11.8. The number of nitrogens with one attached hydrogen (secondary N) is 1. The third kappa shape index (κ3) is 5.12. The number of pyridine rings is 2. The highest BCUT2D eigenvalue weighted by Gasteiger charge is 2.49. The van der Waals surface area contributed by atoms with Crippen LogP contribution in [0.5, 0.6) is 11.8 Å². The van der Waals surface area contributed by atoms with Gasteiger partial charge in [0.2, 0.25) is 0 Å². The molecule has 0 amide bonds. The fraction of sp³-hybridized carbons (Fsp3) is 0.333. The van der Waals surface area contributed by atoms with Crippen LogP contribution in [0.4, 0.5) is 24.8 Å². The molecular weight excluding hydrogens is 583 g/mol. The van der Waals surface area contributed by atoms with Crippen molar-refractivity contribution in [3.8, 4) is 23.0 Å². The Morgan fingerprint density at radius 3 is 2.87 bits per heavy atom. The van der Waals surface area contributed by atoms with Crippen LogP contribution in [0.15, 0.2) is 48.8 Å². The van der Waals surface area contributed by atoms with Gasteiger partial charge >= 0.3 is 6.01 Å². The number of aryl methyl sites for hydroxylation is 1. The van der Waals surface area contributed by atoms with E-state index in [4.69, 9.17) is 10.5 Å². The average Bonchev–Trinajstić information content (AvgIpc) is 3.55. The number of anilines is 2. The highest BCUT2D eigenvalue weighted by atomic mass is 19.1. The molecule has 2 fully saturated rings.